The van der Waals surface area contributed by atoms with Crippen molar-refractivity contribution in [2.24, 2.45) is 5.41 Å². The normalized spacial score (nSPS) is 28.1. The van der Waals surface area contributed by atoms with Crippen molar-refractivity contribution in [3.63, 3.8) is 0 Å². The molecule has 4 heteroatoms. The second-order valence-electron chi connectivity index (χ2n) is 5.88. The fourth-order valence-corrected chi connectivity index (χ4v) is 3.46. The van der Waals surface area contributed by atoms with Gasteiger partial charge in [-0.2, -0.15) is 5.01 Å². The average Bonchev–Trinajstić information content (AvgIpc) is 2.07. The third kappa shape index (κ3) is 1.70. The Hall–Kier alpha value is -0.870. The maximum Gasteiger partial charge on any atom is 0.161 e. The van der Waals surface area contributed by atoms with Crippen LogP contribution >= 0.6 is 0 Å². The Balaban J connectivity index is 1.48. The molecule has 1 spiro atoms. The summed E-state index contributed by atoms with van der Waals surface area (Å²) in [7, 11) is 1.98. The lowest BCUT2D eigenvalue weighted by Gasteiger charge is -2.62. The largest absolute Gasteiger partial charge is 0.378 e. The van der Waals surface area contributed by atoms with Gasteiger partial charge in [0, 0.05) is 18.5 Å². The Morgan fingerprint density at radius 2 is 2.06 bits per heavy atom. The highest BCUT2D eigenvalue weighted by Gasteiger charge is 2.56. The van der Waals surface area contributed by atoms with Gasteiger partial charge >= 0.3 is 0 Å². The molecule has 1 aliphatic carbocycles. The molecule has 4 nitrogen and oxygen atoms in total. The Kier molecular flexibility index (Phi) is 2.52. The topological polar surface area (TPSA) is 18.7 Å². The zero-order chi connectivity index (χ0) is 12.0. The molecule has 3 rings (SSSR count). The van der Waals surface area contributed by atoms with Crippen LogP contribution in [0.25, 0.3) is 0 Å². The molecule has 3 fully saturated rings. The minimum Gasteiger partial charge on any atom is -0.378 e. The van der Waals surface area contributed by atoms with E-state index in [-0.39, 0.29) is 0 Å². The number of rotatable bonds is 4. The molecule has 3 aliphatic rings. The standard InChI is InChI=1S/C13H22N3O/c1-4-16(14(2)3)11-5-13(6-11)9-15(10-13)12-7-17-8-12/h4,11-12H,1-2,5-10H2,3H3/q+1. The summed E-state index contributed by atoms with van der Waals surface area (Å²) in [5.41, 5.74) is 0.595. The van der Waals surface area contributed by atoms with Gasteiger partial charge in [-0.1, -0.05) is 6.58 Å². The van der Waals surface area contributed by atoms with Gasteiger partial charge in [-0.3, -0.25) is 4.90 Å². The Morgan fingerprint density at radius 3 is 2.47 bits per heavy atom. The second-order valence-corrected chi connectivity index (χ2v) is 5.88. The van der Waals surface area contributed by atoms with E-state index in [9.17, 15) is 0 Å². The quantitative estimate of drug-likeness (QED) is 0.404. The number of hydrogen-bond donors (Lipinski definition) is 0. The van der Waals surface area contributed by atoms with E-state index in [0.717, 1.165) is 13.2 Å². The summed E-state index contributed by atoms with van der Waals surface area (Å²) < 4.78 is 7.13. The third-order valence-electron chi connectivity index (χ3n) is 4.51. The first-order valence-electron chi connectivity index (χ1n) is 6.40. The number of nitrogens with zero attached hydrogens (tertiary/aromatic N) is 3. The van der Waals surface area contributed by atoms with Gasteiger partial charge in [0.1, 0.15) is 0 Å². The summed E-state index contributed by atoms with van der Waals surface area (Å²) in [6.07, 6.45) is 4.45. The van der Waals surface area contributed by atoms with Gasteiger partial charge in [-0.15, -0.1) is 4.68 Å². The zero-order valence-electron chi connectivity index (χ0n) is 10.6. The van der Waals surface area contributed by atoms with Crippen LogP contribution in [0.15, 0.2) is 12.8 Å². The van der Waals surface area contributed by atoms with Crippen LogP contribution in [0.2, 0.25) is 0 Å². The van der Waals surface area contributed by atoms with Crippen LogP contribution in [0.4, 0.5) is 0 Å². The minimum atomic E-state index is 0.595. The van der Waals surface area contributed by atoms with Gasteiger partial charge in [0.15, 0.2) is 13.8 Å². The SMILES string of the molecule is C=CN(C1CC2(C1)CN(C1COC1)C2)[N+](=C)C. The number of hydrazine groups is 1. The Bertz CT molecular complexity index is 337. The lowest BCUT2D eigenvalue weighted by Crippen LogP contribution is -2.70. The number of ether oxygens (including phenoxy) is 1. The zero-order valence-corrected chi connectivity index (χ0v) is 10.6. The fourth-order valence-electron chi connectivity index (χ4n) is 3.46. The minimum absolute atomic E-state index is 0.595. The molecule has 0 aromatic carbocycles. The molecule has 0 amide bonds. The highest BCUT2D eigenvalue weighted by Crippen LogP contribution is 2.51. The first-order chi connectivity index (χ1) is 8.13. The number of hydrazone groups is 1. The van der Waals surface area contributed by atoms with Gasteiger partial charge in [0.25, 0.3) is 0 Å². The van der Waals surface area contributed by atoms with Crippen molar-refractivity contribution in [3.8, 4) is 0 Å². The molecule has 17 heavy (non-hydrogen) atoms. The van der Waals surface area contributed by atoms with Crippen LogP contribution in [0, 0.1) is 5.41 Å². The van der Waals surface area contributed by atoms with E-state index < -0.39 is 0 Å². The van der Waals surface area contributed by atoms with E-state index in [1.54, 1.807) is 0 Å². The number of hydrogen-bond acceptors (Lipinski definition) is 3. The lowest BCUT2D eigenvalue weighted by atomic mass is 9.60. The smallest absolute Gasteiger partial charge is 0.161 e. The van der Waals surface area contributed by atoms with Crippen LogP contribution in [0.5, 0.6) is 0 Å². The van der Waals surface area contributed by atoms with Crippen molar-refractivity contribution in [2.45, 2.75) is 24.9 Å². The number of likely N-dealkylation sites (tertiary alicyclic amines) is 1. The summed E-state index contributed by atoms with van der Waals surface area (Å²) in [5.74, 6) is 0. The van der Waals surface area contributed by atoms with Crippen LogP contribution in [0.3, 0.4) is 0 Å². The second kappa shape index (κ2) is 3.82. The fraction of sp³-hybridized carbons (Fsp3) is 0.769. The van der Waals surface area contributed by atoms with E-state index in [1.807, 2.05) is 17.9 Å². The van der Waals surface area contributed by atoms with Crippen molar-refractivity contribution in [1.82, 2.24) is 9.91 Å². The summed E-state index contributed by atoms with van der Waals surface area (Å²) in [4.78, 5) is 2.58. The lowest BCUT2D eigenvalue weighted by molar-refractivity contribution is -0.659. The van der Waals surface area contributed by atoms with Gasteiger partial charge in [0.2, 0.25) is 0 Å². The van der Waals surface area contributed by atoms with Gasteiger partial charge < -0.3 is 4.74 Å². The highest BCUT2D eigenvalue weighted by molar-refractivity contribution is 5.15. The first-order valence-corrected chi connectivity index (χ1v) is 6.40. The third-order valence-corrected chi connectivity index (χ3v) is 4.51. The average molecular weight is 236 g/mol. The molecular weight excluding hydrogens is 214 g/mol. The van der Waals surface area contributed by atoms with Crippen molar-refractivity contribution >= 4 is 6.72 Å². The molecule has 0 atom stereocenters. The van der Waals surface area contributed by atoms with Crippen LogP contribution in [-0.2, 0) is 4.74 Å². The molecular formula is C13H22N3O+. The molecule has 0 aromatic rings. The summed E-state index contributed by atoms with van der Waals surface area (Å²) >= 11 is 0. The summed E-state index contributed by atoms with van der Waals surface area (Å²) in [5, 5.41) is 2.15. The molecule has 0 radical (unpaired) electrons. The van der Waals surface area contributed by atoms with Crippen molar-refractivity contribution in [2.75, 3.05) is 33.4 Å². The summed E-state index contributed by atoms with van der Waals surface area (Å²) in [6.45, 7) is 12.2. The first kappa shape index (κ1) is 11.2. The van der Waals surface area contributed by atoms with Crippen LogP contribution in [0.1, 0.15) is 12.8 Å². The monoisotopic (exact) mass is 236 g/mol. The predicted octanol–water partition coefficient (Wildman–Crippen LogP) is 0.553. The van der Waals surface area contributed by atoms with Crippen LogP contribution < -0.4 is 0 Å². The highest BCUT2D eigenvalue weighted by atomic mass is 16.5. The summed E-state index contributed by atoms with van der Waals surface area (Å²) in [6, 6.07) is 1.32. The Morgan fingerprint density at radius 1 is 1.41 bits per heavy atom. The maximum atomic E-state index is 5.24. The van der Waals surface area contributed by atoms with Crippen molar-refractivity contribution in [3.05, 3.63) is 12.8 Å². The van der Waals surface area contributed by atoms with Crippen molar-refractivity contribution in [1.29, 1.82) is 0 Å². The van der Waals surface area contributed by atoms with E-state index >= 15 is 0 Å². The molecule has 94 valence electrons. The Labute approximate surface area is 103 Å². The molecule has 0 N–H and O–H groups in total. The molecule has 0 unspecified atom stereocenters. The van der Waals surface area contributed by atoms with Crippen LogP contribution in [-0.4, -0.2) is 66.7 Å². The molecule has 2 aliphatic heterocycles. The molecule has 0 bridgehead atoms. The van der Waals surface area contributed by atoms with E-state index in [2.05, 4.69) is 23.2 Å². The van der Waals surface area contributed by atoms with E-state index in [1.165, 1.54) is 25.9 Å². The molecule has 0 aromatic heterocycles. The van der Waals surface area contributed by atoms with Gasteiger partial charge in [-0.05, 0) is 12.8 Å². The van der Waals surface area contributed by atoms with E-state index in [0.29, 0.717) is 17.5 Å². The molecule has 1 saturated carbocycles. The van der Waals surface area contributed by atoms with Crippen molar-refractivity contribution < 1.29 is 9.42 Å². The molecule has 2 saturated heterocycles. The predicted molar refractivity (Wildman–Crippen MR) is 67.0 cm³/mol. The van der Waals surface area contributed by atoms with Gasteiger partial charge in [-0.25, -0.2) is 0 Å². The maximum absolute atomic E-state index is 5.24. The molecule has 2 heterocycles. The van der Waals surface area contributed by atoms with E-state index in [4.69, 9.17) is 4.74 Å². The van der Waals surface area contributed by atoms with Gasteiger partial charge in [0.05, 0.1) is 31.5 Å².